The highest BCUT2D eigenvalue weighted by Crippen LogP contribution is 2.47. The Morgan fingerprint density at radius 1 is 0.944 bits per heavy atom. The van der Waals surface area contributed by atoms with Gasteiger partial charge in [-0.3, -0.25) is 4.99 Å². The van der Waals surface area contributed by atoms with Gasteiger partial charge in [0.25, 0.3) is 0 Å². The lowest BCUT2D eigenvalue weighted by molar-refractivity contribution is -0.0178. The smallest absolute Gasteiger partial charge is 0.0423 e. The molecule has 0 aromatic heterocycles. The van der Waals surface area contributed by atoms with Gasteiger partial charge in [-0.05, 0) is 43.9 Å². The van der Waals surface area contributed by atoms with Crippen LogP contribution in [0.1, 0.15) is 51.4 Å². The van der Waals surface area contributed by atoms with E-state index in [1.54, 1.807) is 0 Å². The van der Waals surface area contributed by atoms with E-state index in [4.69, 9.17) is 0 Å². The zero-order valence-corrected chi connectivity index (χ0v) is 11.2. The highest BCUT2D eigenvalue weighted by atomic mass is 15.2. The number of hydrogen-bond acceptors (Lipinski definition) is 2. The van der Waals surface area contributed by atoms with Crippen molar-refractivity contribution in [1.82, 2.24) is 4.90 Å². The summed E-state index contributed by atoms with van der Waals surface area (Å²) in [5.41, 5.74) is 0. The third kappa shape index (κ3) is 1.64. The van der Waals surface area contributed by atoms with Crippen molar-refractivity contribution in [1.29, 1.82) is 0 Å². The Balaban J connectivity index is 1.69. The van der Waals surface area contributed by atoms with E-state index in [1.807, 2.05) is 6.20 Å². The lowest BCUT2D eigenvalue weighted by Gasteiger charge is -2.55. The summed E-state index contributed by atoms with van der Waals surface area (Å²) < 4.78 is 0. The van der Waals surface area contributed by atoms with E-state index in [-0.39, 0.29) is 0 Å². The Morgan fingerprint density at radius 2 is 1.83 bits per heavy atom. The van der Waals surface area contributed by atoms with E-state index in [0.717, 1.165) is 29.8 Å². The quantitative estimate of drug-likeness (QED) is 0.636. The van der Waals surface area contributed by atoms with Gasteiger partial charge < -0.3 is 4.90 Å². The van der Waals surface area contributed by atoms with E-state index in [1.165, 1.54) is 51.4 Å². The number of rotatable bonds is 0. The molecule has 3 fully saturated rings. The van der Waals surface area contributed by atoms with Crippen molar-refractivity contribution in [2.45, 2.75) is 63.5 Å². The Hall–Kier alpha value is -0.790. The van der Waals surface area contributed by atoms with Crippen molar-refractivity contribution in [3.63, 3.8) is 0 Å². The molecule has 0 spiro atoms. The standard InChI is InChI=1S/C16H24N2/c1-2-7-15-12(4-1)10-13-5-3-6-14-11-17-8-9-18(15)16(13)14/h8-9,11-16H,1-7,10H2. The molecule has 0 bridgehead atoms. The minimum atomic E-state index is 0.724. The molecule has 2 aliphatic carbocycles. The zero-order chi connectivity index (χ0) is 11.9. The molecule has 4 aliphatic rings. The van der Waals surface area contributed by atoms with Crippen molar-refractivity contribution >= 4 is 6.21 Å². The lowest BCUT2D eigenvalue weighted by Crippen LogP contribution is -2.57. The zero-order valence-electron chi connectivity index (χ0n) is 11.2. The molecular formula is C16H24N2. The summed E-state index contributed by atoms with van der Waals surface area (Å²) in [6.45, 7) is 0. The molecule has 5 unspecified atom stereocenters. The average Bonchev–Trinajstić information content (AvgIpc) is 2.63. The highest BCUT2D eigenvalue weighted by Gasteiger charge is 2.46. The second-order valence-corrected chi connectivity index (χ2v) is 6.74. The van der Waals surface area contributed by atoms with Gasteiger partial charge in [-0.15, -0.1) is 0 Å². The predicted molar refractivity (Wildman–Crippen MR) is 74.5 cm³/mol. The minimum absolute atomic E-state index is 0.724. The summed E-state index contributed by atoms with van der Waals surface area (Å²) in [6, 6.07) is 1.61. The van der Waals surface area contributed by atoms with Gasteiger partial charge in [0.1, 0.15) is 0 Å². The van der Waals surface area contributed by atoms with E-state index in [9.17, 15) is 0 Å². The van der Waals surface area contributed by atoms with Gasteiger partial charge >= 0.3 is 0 Å². The summed E-state index contributed by atoms with van der Waals surface area (Å²) in [6.07, 6.45) is 18.2. The summed E-state index contributed by atoms with van der Waals surface area (Å²) in [5, 5.41) is 0. The third-order valence-corrected chi connectivity index (χ3v) is 5.84. The molecule has 5 atom stereocenters. The van der Waals surface area contributed by atoms with Crippen LogP contribution in [0, 0.1) is 17.8 Å². The van der Waals surface area contributed by atoms with Gasteiger partial charge in [0, 0.05) is 36.6 Å². The molecule has 2 heteroatoms. The first-order chi connectivity index (χ1) is 8.93. The van der Waals surface area contributed by atoms with Crippen molar-refractivity contribution in [3.8, 4) is 0 Å². The molecule has 0 amide bonds. The maximum absolute atomic E-state index is 4.51. The van der Waals surface area contributed by atoms with Crippen LogP contribution in [-0.2, 0) is 0 Å². The first-order valence-corrected chi connectivity index (χ1v) is 7.91. The van der Waals surface area contributed by atoms with Crippen molar-refractivity contribution in [2.75, 3.05) is 0 Å². The van der Waals surface area contributed by atoms with Crippen LogP contribution in [0.5, 0.6) is 0 Å². The molecule has 2 nitrogen and oxygen atoms in total. The molecule has 2 heterocycles. The lowest BCUT2D eigenvalue weighted by atomic mass is 9.65. The van der Waals surface area contributed by atoms with Crippen LogP contribution >= 0.6 is 0 Å². The van der Waals surface area contributed by atoms with Crippen LogP contribution in [0.2, 0.25) is 0 Å². The summed E-state index contributed by atoms with van der Waals surface area (Å²) >= 11 is 0. The van der Waals surface area contributed by atoms with Crippen molar-refractivity contribution < 1.29 is 0 Å². The summed E-state index contributed by atoms with van der Waals surface area (Å²) in [4.78, 5) is 7.25. The largest absolute Gasteiger partial charge is 0.369 e. The van der Waals surface area contributed by atoms with Gasteiger partial charge in [0.05, 0.1) is 0 Å². The minimum Gasteiger partial charge on any atom is -0.369 e. The summed E-state index contributed by atoms with van der Waals surface area (Å²) in [7, 11) is 0. The van der Waals surface area contributed by atoms with Gasteiger partial charge in [0.15, 0.2) is 0 Å². The van der Waals surface area contributed by atoms with Crippen LogP contribution < -0.4 is 0 Å². The van der Waals surface area contributed by atoms with Crippen LogP contribution in [0.3, 0.4) is 0 Å². The number of aliphatic imine (C=N–C) groups is 1. The van der Waals surface area contributed by atoms with E-state index < -0.39 is 0 Å². The van der Waals surface area contributed by atoms with Crippen molar-refractivity contribution in [2.24, 2.45) is 22.7 Å². The van der Waals surface area contributed by atoms with Crippen LogP contribution in [0.4, 0.5) is 0 Å². The fourth-order valence-corrected chi connectivity index (χ4v) is 5.14. The molecule has 2 saturated carbocycles. The number of nitrogens with zero attached hydrogens (tertiary/aromatic N) is 2. The Kier molecular flexibility index (Phi) is 2.70. The van der Waals surface area contributed by atoms with E-state index in [2.05, 4.69) is 22.3 Å². The van der Waals surface area contributed by atoms with Crippen molar-refractivity contribution in [3.05, 3.63) is 12.4 Å². The van der Waals surface area contributed by atoms with Gasteiger partial charge in [0.2, 0.25) is 0 Å². The first kappa shape index (κ1) is 11.1. The molecular weight excluding hydrogens is 220 g/mol. The van der Waals surface area contributed by atoms with Crippen LogP contribution in [0.15, 0.2) is 17.4 Å². The maximum Gasteiger partial charge on any atom is 0.0423 e. The Labute approximate surface area is 110 Å². The highest BCUT2D eigenvalue weighted by molar-refractivity contribution is 5.63. The van der Waals surface area contributed by atoms with Gasteiger partial charge in [-0.2, -0.15) is 0 Å². The van der Waals surface area contributed by atoms with Crippen LogP contribution in [-0.4, -0.2) is 23.2 Å². The molecule has 1 saturated heterocycles. The second-order valence-electron chi connectivity index (χ2n) is 6.74. The predicted octanol–water partition coefficient (Wildman–Crippen LogP) is 3.59. The number of piperidine rings is 1. The van der Waals surface area contributed by atoms with Gasteiger partial charge in [-0.25, -0.2) is 0 Å². The molecule has 0 radical (unpaired) electrons. The Bertz CT molecular complexity index is 373. The SMILES string of the molecule is C1=CN2C3CCCCC3CC3CCCC(C=N1)C32. The Morgan fingerprint density at radius 3 is 2.83 bits per heavy atom. The van der Waals surface area contributed by atoms with Gasteiger partial charge in [-0.1, -0.05) is 19.3 Å². The first-order valence-electron chi connectivity index (χ1n) is 7.91. The fraction of sp³-hybridized carbons (Fsp3) is 0.812. The van der Waals surface area contributed by atoms with E-state index >= 15 is 0 Å². The number of fused-ring (bicyclic) bond motifs is 2. The molecule has 0 N–H and O–H groups in total. The molecule has 0 aromatic rings. The molecule has 0 aromatic carbocycles. The average molecular weight is 244 g/mol. The molecule has 2 aliphatic heterocycles. The molecule has 98 valence electrons. The topological polar surface area (TPSA) is 15.6 Å². The maximum atomic E-state index is 4.51. The molecule has 4 rings (SSSR count). The molecule has 18 heavy (non-hydrogen) atoms. The van der Waals surface area contributed by atoms with E-state index in [0.29, 0.717) is 0 Å². The normalized spacial score (nSPS) is 46.2. The fourth-order valence-electron chi connectivity index (χ4n) is 5.14. The monoisotopic (exact) mass is 244 g/mol. The second kappa shape index (κ2) is 4.40. The van der Waals surface area contributed by atoms with Crippen LogP contribution in [0.25, 0.3) is 0 Å². The number of hydrogen-bond donors (Lipinski definition) is 0. The summed E-state index contributed by atoms with van der Waals surface area (Å²) in [5.74, 6) is 2.64. The third-order valence-electron chi connectivity index (χ3n) is 5.84.